The number of ether oxygens (including phenoxy) is 1. The van der Waals surface area contributed by atoms with Crippen LogP contribution in [0, 0.1) is 6.92 Å². The first-order chi connectivity index (χ1) is 11.6. The number of hydrogen-bond acceptors (Lipinski definition) is 7. The lowest BCUT2D eigenvalue weighted by Crippen LogP contribution is -2.13. The van der Waals surface area contributed by atoms with Gasteiger partial charge in [0.2, 0.25) is 0 Å². The maximum Gasteiger partial charge on any atom is 0.350 e. The second-order valence-electron chi connectivity index (χ2n) is 4.73. The molecule has 0 unspecified atom stereocenters. The van der Waals surface area contributed by atoms with Gasteiger partial charge in [-0.05, 0) is 19.1 Å². The molecule has 24 heavy (non-hydrogen) atoms. The zero-order valence-electron chi connectivity index (χ0n) is 12.9. The molecule has 0 saturated carbocycles. The molecule has 0 saturated heterocycles. The van der Waals surface area contributed by atoms with Crippen LogP contribution < -0.4 is 5.32 Å². The first kappa shape index (κ1) is 15.8. The zero-order valence-corrected chi connectivity index (χ0v) is 13.7. The summed E-state index contributed by atoms with van der Waals surface area (Å²) in [6.07, 6.45) is 1.37. The topological polar surface area (TPSA) is 99.0 Å². The average Bonchev–Trinajstić information content (AvgIpc) is 3.22. The van der Waals surface area contributed by atoms with E-state index in [1.807, 2.05) is 30.3 Å². The van der Waals surface area contributed by atoms with E-state index in [0.29, 0.717) is 15.7 Å². The highest BCUT2D eigenvalue weighted by Crippen LogP contribution is 2.23. The molecule has 0 atom stereocenters. The maximum atomic E-state index is 12.2. The highest BCUT2D eigenvalue weighted by molar-refractivity contribution is 7.17. The lowest BCUT2D eigenvalue weighted by Gasteiger charge is -1.98. The van der Waals surface area contributed by atoms with Crippen LogP contribution in [0.4, 0.5) is 5.13 Å². The number of anilines is 1. The number of amides is 1. The van der Waals surface area contributed by atoms with Gasteiger partial charge in [-0.25, -0.2) is 9.78 Å². The van der Waals surface area contributed by atoms with Gasteiger partial charge >= 0.3 is 5.97 Å². The quantitative estimate of drug-likeness (QED) is 0.728. The monoisotopic (exact) mass is 343 g/mol. The van der Waals surface area contributed by atoms with Gasteiger partial charge in [0.15, 0.2) is 10.8 Å². The van der Waals surface area contributed by atoms with Gasteiger partial charge < -0.3 is 4.74 Å². The Labute approximate surface area is 141 Å². The standard InChI is InChI=1S/C15H13N5O3S/c1-9-12(14(22)23-2)24-15(17-9)18-13(21)11-8-16-20(19-11)10-6-4-3-5-7-10/h3-8H,1-2H3,(H,17,18,21). The fourth-order valence-corrected chi connectivity index (χ4v) is 2.83. The van der Waals surface area contributed by atoms with Crippen molar-refractivity contribution in [3.8, 4) is 5.69 Å². The fourth-order valence-electron chi connectivity index (χ4n) is 1.95. The normalized spacial score (nSPS) is 10.4. The van der Waals surface area contributed by atoms with Crippen LogP contribution in [0.25, 0.3) is 5.69 Å². The molecule has 0 spiro atoms. The van der Waals surface area contributed by atoms with Crippen molar-refractivity contribution in [1.82, 2.24) is 20.0 Å². The molecule has 0 aliphatic rings. The number of aromatic nitrogens is 4. The Hall–Kier alpha value is -3.07. The number of nitrogens with one attached hydrogen (secondary N) is 1. The van der Waals surface area contributed by atoms with Gasteiger partial charge in [0.05, 0.1) is 24.7 Å². The SMILES string of the molecule is COC(=O)c1sc(NC(=O)c2cnn(-c3ccccc3)n2)nc1C. The molecule has 3 rings (SSSR count). The maximum absolute atomic E-state index is 12.2. The number of methoxy groups -OCH3 is 1. The average molecular weight is 343 g/mol. The predicted molar refractivity (Wildman–Crippen MR) is 87.5 cm³/mol. The summed E-state index contributed by atoms with van der Waals surface area (Å²) in [4.78, 5) is 29.7. The number of esters is 1. The van der Waals surface area contributed by atoms with Crippen LogP contribution in [0.1, 0.15) is 25.9 Å². The van der Waals surface area contributed by atoms with E-state index in [-0.39, 0.29) is 5.69 Å². The van der Waals surface area contributed by atoms with E-state index in [1.54, 1.807) is 6.92 Å². The number of carbonyl (C=O) groups is 2. The van der Waals surface area contributed by atoms with Crippen LogP contribution in [0.15, 0.2) is 36.5 Å². The first-order valence-corrected chi connectivity index (χ1v) is 7.75. The molecule has 1 amide bonds. The summed E-state index contributed by atoms with van der Waals surface area (Å²) in [5.41, 5.74) is 1.39. The number of aryl methyl sites for hydroxylation is 1. The highest BCUT2D eigenvalue weighted by Gasteiger charge is 2.18. The summed E-state index contributed by atoms with van der Waals surface area (Å²) < 4.78 is 4.67. The number of hydrogen-bond donors (Lipinski definition) is 1. The second kappa shape index (κ2) is 6.59. The van der Waals surface area contributed by atoms with E-state index in [2.05, 4.69) is 25.2 Å². The van der Waals surface area contributed by atoms with E-state index < -0.39 is 11.9 Å². The molecule has 2 heterocycles. The molecule has 0 fully saturated rings. The molecule has 0 bridgehead atoms. The summed E-state index contributed by atoms with van der Waals surface area (Å²) in [6.45, 7) is 1.67. The third-order valence-corrected chi connectivity index (χ3v) is 4.15. The van der Waals surface area contributed by atoms with E-state index in [1.165, 1.54) is 18.1 Å². The molecule has 1 aromatic carbocycles. The molecule has 122 valence electrons. The zero-order chi connectivity index (χ0) is 17.1. The minimum absolute atomic E-state index is 0.145. The summed E-state index contributed by atoms with van der Waals surface area (Å²) >= 11 is 1.05. The Morgan fingerprint density at radius 2 is 2.00 bits per heavy atom. The van der Waals surface area contributed by atoms with Gasteiger partial charge in [0.1, 0.15) is 4.88 Å². The Morgan fingerprint density at radius 1 is 1.25 bits per heavy atom. The minimum atomic E-state index is -0.486. The highest BCUT2D eigenvalue weighted by atomic mass is 32.1. The van der Waals surface area contributed by atoms with Crippen LogP contribution >= 0.6 is 11.3 Å². The molecule has 9 heteroatoms. The molecular weight excluding hydrogens is 330 g/mol. The third-order valence-electron chi connectivity index (χ3n) is 3.10. The van der Waals surface area contributed by atoms with E-state index in [4.69, 9.17) is 0 Å². The number of rotatable bonds is 4. The minimum Gasteiger partial charge on any atom is -0.465 e. The van der Waals surface area contributed by atoms with E-state index in [0.717, 1.165) is 17.0 Å². The van der Waals surface area contributed by atoms with Crippen molar-refractivity contribution in [3.63, 3.8) is 0 Å². The van der Waals surface area contributed by atoms with Gasteiger partial charge in [0.25, 0.3) is 5.91 Å². The van der Waals surface area contributed by atoms with Gasteiger partial charge in [0, 0.05) is 0 Å². The van der Waals surface area contributed by atoms with Crippen LogP contribution in [0.3, 0.4) is 0 Å². The number of benzene rings is 1. The van der Waals surface area contributed by atoms with Crippen LogP contribution in [-0.2, 0) is 4.74 Å². The molecule has 0 aliphatic heterocycles. The Kier molecular flexibility index (Phi) is 4.34. The van der Waals surface area contributed by atoms with Crippen LogP contribution in [-0.4, -0.2) is 39.0 Å². The Bertz CT molecular complexity index is 888. The van der Waals surface area contributed by atoms with Crippen molar-refractivity contribution in [3.05, 3.63) is 52.8 Å². The Balaban J connectivity index is 1.76. The largest absolute Gasteiger partial charge is 0.465 e. The van der Waals surface area contributed by atoms with Gasteiger partial charge in [-0.3, -0.25) is 10.1 Å². The molecule has 2 aromatic heterocycles. The fraction of sp³-hybridized carbons (Fsp3) is 0.133. The Morgan fingerprint density at radius 3 is 2.71 bits per heavy atom. The lowest BCUT2D eigenvalue weighted by atomic mass is 10.3. The summed E-state index contributed by atoms with van der Waals surface area (Å²) in [7, 11) is 1.29. The van der Waals surface area contributed by atoms with E-state index in [9.17, 15) is 9.59 Å². The second-order valence-corrected chi connectivity index (χ2v) is 5.73. The molecule has 8 nitrogen and oxygen atoms in total. The van der Waals surface area contributed by atoms with Crippen LogP contribution in [0.5, 0.6) is 0 Å². The third kappa shape index (κ3) is 3.15. The number of thiazole rings is 1. The van der Waals surface area contributed by atoms with Crippen molar-refractivity contribution >= 4 is 28.3 Å². The van der Waals surface area contributed by atoms with Gasteiger partial charge in [-0.2, -0.15) is 9.90 Å². The smallest absolute Gasteiger partial charge is 0.350 e. The van der Waals surface area contributed by atoms with Crippen molar-refractivity contribution in [2.24, 2.45) is 0 Å². The van der Waals surface area contributed by atoms with Crippen molar-refractivity contribution < 1.29 is 14.3 Å². The number of nitrogens with zero attached hydrogens (tertiary/aromatic N) is 4. The number of carbonyl (C=O) groups excluding carboxylic acids is 2. The summed E-state index contributed by atoms with van der Waals surface area (Å²) in [5, 5.41) is 11.1. The lowest BCUT2D eigenvalue weighted by molar-refractivity contribution is 0.0605. The summed E-state index contributed by atoms with van der Waals surface area (Å²) in [6, 6.07) is 9.24. The number of para-hydroxylation sites is 1. The first-order valence-electron chi connectivity index (χ1n) is 6.93. The molecule has 1 N–H and O–H groups in total. The van der Waals surface area contributed by atoms with Crippen molar-refractivity contribution in [2.75, 3.05) is 12.4 Å². The van der Waals surface area contributed by atoms with E-state index >= 15 is 0 Å². The van der Waals surface area contributed by atoms with Crippen molar-refractivity contribution in [1.29, 1.82) is 0 Å². The molecule has 0 aliphatic carbocycles. The predicted octanol–water partition coefficient (Wildman–Crippen LogP) is 2.07. The molecule has 0 radical (unpaired) electrons. The van der Waals surface area contributed by atoms with Gasteiger partial charge in [-0.1, -0.05) is 29.5 Å². The van der Waals surface area contributed by atoms with Crippen LogP contribution in [0.2, 0.25) is 0 Å². The summed E-state index contributed by atoms with van der Waals surface area (Å²) in [5.74, 6) is -0.942. The van der Waals surface area contributed by atoms with Crippen molar-refractivity contribution in [2.45, 2.75) is 6.92 Å². The van der Waals surface area contributed by atoms with Gasteiger partial charge in [-0.15, -0.1) is 5.10 Å². The molecular formula is C15H13N5O3S. The molecule has 3 aromatic rings.